The van der Waals surface area contributed by atoms with Crippen molar-refractivity contribution in [1.82, 2.24) is 0 Å². The van der Waals surface area contributed by atoms with Gasteiger partial charge in [-0.2, -0.15) is 0 Å². The van der Waals surface area contributed by atoms with Gasteiger partial charge in [-0.25, -0.2) is 9.59 Å². The SMILES string of the molecule is CN(C(=O)OCc1ccc(NC(=O)O)cc1Cc1ccccc1)c1ccc(OCc2ccccc2)cc1. The van der Waals surface area contributed by atoms with Crippen molar-refractivity contribution in [3.05, 3.63) is 125 Å². The van der Waals surface area contributed by atoms with Crippen LogP contribution in [0.5, 0.6) is 5.75 Å². The van der Waals surface area contributed by atoms with Crippen molar-refractivity contribution in [2.75, 3.05) is 17.3 Å². The third-order valence-electron chi connectivity index (χ3n) is 5.79. The summed E-state index contributed by atoms with van der Waals surface area (Å²) >= 11 is 0. The van der Waals surface area contributed by atoms with Gasteiger partial charge in [-0.15, -0.1) is 0 Å². The standard InChI is InChI=1S/C30H28N2O5/c1-32(27-14-16-28(17-15-27)36-20-23-10-6-3-7-11-23)30(35)37-21-24-12-13-26(31-29(33)34)19-25(24)18-22-8-4-2-5-9-22/h2-17,19,31H,18,20-21H2,1H3,(H,33,34). The largest absolute Gasteiger partial charge is 0.489 e. The second kappa shape index (κ2) is 12.3. The van der Waals surface area contributed by atoms with E-state index in [1.807, 2.05) is 72.8 Å². The molecule has 7 nitrogen and oxygen atoms in total. The average Bonchev–Trinajstić information content (AvgIpc) is 2.92. The number of benzene rings is 4. The highest BCUT2D eigenvalue weighted by atomic mass is 16.6. The second-order valence-corrected chi connectivity index (χ2v) is 8.46. The number of carboxylic acid groups (broad SMARTS) is 1. The third kappa shape index (κ3) is 7.35. The lowest BCUT2D eigenvalue weighted by Gasteiger charge is -2.19. The van der Waals surface area contributed by atoms with E-state index in [0.717, 1.165) is 22.3 Å². The van der Waals surface area contributed by atoms with Gasteiger partial charge in [-0.1, -0.05) is 66.7 Å². The van der Waals surface area contributed by atoms with Gasteiger partial charge in [-0.3, -0.25) is 10.2 Å². The molecular formula is C30H28N2O5. The van der Waals surface area contributed by atoms with E-state index >= 15 is 0 Å². The summed E-state index contributed by atoms with van der Waals surface area (Å²) in [6.45, 7) is 0.515. The quantitative estimate of drug-likeness (QED) is 0.269. The van der Waals surface area contributed by atoms with E-state index in [4.69, 9.17) is 14.6 Å². The van der Waals surface area contributed by atoms with Crippen molar-refractivity contribution < 1.29 is 24.2 Å². The summed E-state index contributed by atoms with van der Waals surface area (Å²) in [5.74, 6) is 0.704. The zero-order valence-electron chi connectivity index (χ0n) is 20.5. The monoisotopic (exact) mass is 496 g/mol. The maximum absolute atomic E-state index is 12.8. The molecule has 0 unspecified atom stereocenters. The number of carbonyl (C=O) groups is 2. The molecule has 0 atom stereocenters. The minimum atomic E-state index is -1.14. The average molecular weight is 497 g/mol. The molecule has 4 rings (SSSR count). The summed E-state index contributed by atoms with van der Waals surface area (Å²) in [6.07, 6.45) is -1.07. The molecule has 2 amide bonds. The van der Waals surface area contributed by atoms with Crippen LogP contribution in [-0.4, -0.2) is 24.3 Å². The number of amides is 2. The fraction of sp³-hybridized carbons (Fsp3) is 0.133. The molecule has 0 radical (unpaired) electrons. The van der Waals surface area contributed by atoms with E-state index in [-0.39, 0.29) is 6.61 Å². The summed E-state index contributed by atoms with van der Waals surface area (Å²) in [7, 11) is 1.65. The van der Waals surface area contributed by atoms with Crippen LogP contribution >= 0.6 is 0 Å². The fourth-order valence-electron chi connectivity index (χ4n) is 3.80. The van der Waals surface area contributed by atoms with Crippen molar-refractivity contribution >= 4 is 23.6 Å². The van der Waals surface area contributed by atoms with Crippen LogP contribution in [-0.2, 0) is 24.4 Å². The van der Waals surface area contributed by atoms with Gasteiger partial charge < -0.3 is 14.6 Å². The maximum atomic E-state index is 12.8. The molecule has 0 saturated heterocycles. The van der Waals surface area contributed by atoms with Crippen molar-refractivity contribution in [3.63, 3.8) is 0 Å². The Morgan fingerprint density at radius 3 is 2.08 bits per heavy atom. The van der Waals surface area contributed by atoms with E-state index in [1.54, 1.807) is 37.4 Å². The van der Waals surface area contributed by atoms with Crippen LogP contribution in [0.25, 0.3) is 0 Å². The molecule has 37 heavy (non-hydrogen) atoms. The first-order valence-electron chi connectivity index (χ1n) is 11.8. The molecule has 0 heterocycles. The molecule has 0 aliphatic heterocycles. The molecule has 0 bridgehead atoms. The van der Waals surface area contributed by atoms with E-state index in [2.05, 4.69) is 5.32 Å². The summed E-state index contributed by atoms with van der Waals surface area (Å²) in [4.78, 5) is 25.3. The number of rotatable bonds is 9. The smallest absolute Gasteiger partial charge is 0.414 e. The molecule has 0 fully saturated rings. The number of nitrogens with zero attached hydrogens (tertiary/aromatic N) is 1. The van der Waals surface area contributed by atoms with Crippen LogP contribution in [0.4, 0.5) is 21.0 Å². The molecule has 0 aliphatic rings. The molecule has 2 N–H and O–H groups in total. The van der Waals surface area contributed by atoms with Crippen molar-refractivity contribution in [2.45, 2.75) is 19.6 Å². The second-order valence-electron chi connectivity index (χ2n) is 8.46. The summed E-state index contributed by atoms with van der Waals surface area (Å²) in [5, 5.41) is 11.4. The van der Waals surface area contributed by atoms with E-state index in [9.17, 15) is 9.59 Å². The minimum Gasteiger partial charge on any atom is -0.489 e. The number of hydrogen-bond donors (Lipinski definition) is 2. The molecular weight excluding hydrogens is 468 g/mol. The first-order chi connectivity index (χ1) is 18.0. The fourth-order valence-corrected chi connectivity index (χ4v) is 3.80. The highest BCUT2D eigenvalue weighted by Gasteiger charge is 2.15. The van der Waals surface area contributed by atoms with E-state index in [0.29, 0.717) is 30.2 Å². The molecule has 0 aliphatic carbocycles. The topological polar surface area (TPSA) is 88.1 Å². The Kier molecular flexibility index (Phi) is 8.39. The van der Waals surface area contributed by atoms with Crippen LogP contribution in [0.3, 0.4) is 0 Å². The zero-order valence-corrected chi connectivity index (χ0v) is 20.5. The molecule has 4 aromatic carbocycles. The molecule has 188 valence electrons. The van der Waals surface area contributed by atoms with Gasteiger partial charge in [0, 0.05) is 18.4 Å². The van der Waals surface area contributed by atoms with Gasteiger partial charge in [-0.05, 0) is 65.1 Å². The molecule has 0 aromatic heterocycles. The minimum absolute atomic E-state index is 0.0525. The van der Waals surface area contributed by atoms with Gasteiger partial charge in [0.1, 0.15) is 19.0 Å². The number of carbonyl (C=O) groups excluding carboxylic acids is 1. The van der Waals surface area contributed by atoms with Crippen LogP contribution in [0.1, 0.15) is 22.3 Å². The number of ether oxygens (including phenoxy) is 2. The predicted octanol–water partition coefficient (Wildman–Crippen LogP) is 6.72. The molecule has 0 spiro atoms. The Bertz CT molecular complexity index is 1330. The van der Waals surface area contributed by atoms with Gasteiger partial charge in [0.05, 0.1) is 0 Å². The lowest BCUT2D eigenvalue weighted by atomic mass is 9.99. The number of hydrogen-bond acceptors (Lipinski definition) is 4. The maximum Gasteiger partial charge on any atom is 0.414 e. The van der Waals surface area contributed by atoms with Crippen molar-refractivity contribution in [1.29, 1.82) is 0 Å². The van der Waals surface area contributed by atoms with Crippen molar-refractivity contribution in [3.8, 4) is 5.75 Å². The van der Waals surface area contributed by atoms with Gasteiger partial charge in [0.15, 0.2) is 0 Å². The number of anilines is 2. The Morgan fingerprint density at radius 1 is 0.784 bits per heavy atom. The Morgan fingerprint density at radius 2 is 1.43 bits per heavy atom. The van der Waals surface area contributed by atoms with Crippen LogP contribution in [0.15, 0.2) is 103 Å². The summed E-state index contributed by atoms with van der Waals surface area (Å²) < 4.78 is 11.4. The molecule has 0 saturated carbocycles. The van der Waals surface area contributed by atoms with Crippen molar-refractivity contribution in [2.24, 2.45) is 0 Å². The number of nitrogens with one attached hydrogen (secondary N) is 1. The first-order valence-corrected chi connectivity index (χ1v) is 11.8. The van der Waals surface area contributed by atoms with Gasteiger partial charge in [0.25, 0.3) is 0 Å². The van der Waals surface area contributed by atoms with Crippen LogP contribution in [0, 0.1) is 0 Å². The third-order valence-corrected chi connectivity index (χ3v) is 5.79. The lowest BCUT2D eigenvalue weighted by molar-refractivity contribution is 0.148. The predicted molar refractivity (Wildman–Crippen MR) is 143 cm³/mol. The Labute approximate surface area is 215 Å². The van der Waals surface area contributed by atoms with Crippen LogP contribution in [0.2, 0.25) is 0 Å². The first kappa shape index (κ1) is 25.3. The molecule has 7 heteroatoms. The Balaban J connectivity index is 1.38. The van der Waals surface area contributed by atoms with Crippen LogP contribution < -0.4 is 15.0 Å². The van der Waals surface area contributed by atoms with E-state index in [1.165, 1.54) is 4.90 Å². The summed E-state index contributed by atoms with van der Waals surface area (Å²) in [5.41, 5.74) is 4.93. The zero-order chi connectivity index (χ0) is 26.0. The van der Waals surface area contributed by atoms with Gasteiger partial charge in [0.2, 0.25) is 0 Å². The van der Waals surface area contributed by atoms with E-state index < -0.39 is 12.2 Å². The highest BCUT2D eigenvalue weighted by Crippen LogP contribution is 2.23. The molecule has 4 aromatic rings. The Hall–Kier alpha value is -4.78. The van der Waals surface area contributed by atoms with Gasteiger partial charge >= 0.3 is 12.2 Å². The highest BCUT2D eigenvalue weighted by molar-refractivity contribution is 5.87. The normalized spacial score (nSPS) is 10.4. The lowest BCUT2D eigenvalue weighted by Crippen LogP contribution is -2.27. The summed E-state index contributed by atoms with van der Waals surface area (Å²) in [6, 6.07) is 32.1.